The summed E-state index contributed by atoms with van der Waals surface area (Å²) in [6.45, 7) is 4.39. The number of nitrogens with one attached hydrogen (secondary N) is 3. The molecule has 0 aliphatic heterocycles. The van der Waals surface area contributed by atoms with Gasteiger partial charge in [0.1, 0.15) is 11.6 Å². The van der Waals surface area contributed by atoms with Gasteiger partial charge in [0.2, 0.25) is 5.91 Å². The summed E-state index contributed by atoms with van der Waals surface area (Å²) in [4.78, 5) is 29.8. The molecule has 2 heterocycles. The van der Waals surface area contributed by atoms with Crippen LogP contribution in [0.4, 0.5) is 5.82 Å². The molecule has 0 saturated heterocycles. The lowest BCUT2D eigenvalue weighted by atomic mass is 9.96. The minimum atomic E-state index is -0.250. The highest BCUT2D eigenvalue weighted by Gasteiger charge is 2.20. The van der Waals surface area contributed by atoms with Crippen LogP contribution in [0.3, 0.4) is 0 Å². The number of hydrogen-bond acceptors (Lipinski definition) is 7. The maximum absolute atomic E-state index is 12.2. The van der Waals surface area contributed by atoms with Gasteiger partial charge in [-0.2, -0.15) is 0 Å². The van der Waals surface area contributed by atoms with Crippen LogP contribution in [0, 0.1) is 6.92 Å². The van der Waals surface area contributed by atoms with Gasteiger partial charge in [0, 0.05) is 61.2 Å². The number of nitrogens with zero attached hydrogens (tertiary/aromatic N) is 2. The molecule has 0 atom stereocenters. The van der Waals surface area contributed by atoms with Crippen molar-refractivity contribution in [1.82, 2.24) is 20.6 Å². The number of ether oxygens (including phenoxy) is 1. The van der Waals surface area contributed by atoms with Crippen molar-refractivity contribution in [2.45, 2.75) is 51.7 Å². The van der Waals surface area contributed by atoms with Crippen molar-refractivity contribution in [3.8, 4) is 5.75 Å². The van der Waals surface area contributed by atoms with Crippen molar-refractivity contribution in [2.24, 2.45) is 0 Å². The summed E-state index contributed by atoms with van der Waals surface area (Å²) in [6, 6.07) is 14.2. The molecule has 0 bridgehead atoms. The van der Waals surface area contributed by atoms with Crippen molar-refractivity contribution in [3.05, 3.63) is 71.0 Å². The number of hydrogen-bond donors (Lipinski definition) is 4. The van der Waals surface area contributed by atoms with Crippen molar-refractivity contribution >= 4 is 51.5 Å². The molecule has 1 saturated carbocycles. The molecule has 1 aliphatic rings. The molecule has 216 valence electrons. The lowest BCUT2D eigenvalue weighted by molar-refractivity contribution is -0.123. The van der Waals surface area contributed by atoms with Gasteiger partial charge < -0.3 is 25.8 Å². The largest absolute Gasteiger partial charge is 0.489 e. The number of amides is 1. The van der Waals surface area contributed by atoms with E-state index in [2.05, 4.69) is 46.1 Å². The number of pyridine rings is 2. The molecule has 41 heavy (non-hydrogen) atoms. The molecule has 0 spiro atoms. The van der Waals surface area contributed by atoms with Gasteiger partial charge in [0.15, 0.2) is 0 Å². The summed E-state index contributed by atoms with van der Waals surface area (Å²) in [5.74, 6) is 1.64. The molecular weight excluding hydrogens is 542 g/mol. The zero-order chi connectivity index (χ0) is 29.0. The van der Waals surface area contributed by atoms with Gasteiger partial charge in [-0.25, -0.2) is 4.98 Å². The third-order valence-electron chi connectivity index (χ3n) is 6.92. The summed E-state index contributed by atoms with van der Waals surface area (Å²) in [6.07, 6.45) is 8.65. The van der Waals surface area contributed by atoms with E-state index in [9.17, 15) is 4.79 Å². The molecule has 5 rings (SSSR count). The molecule has 2 aromatic heterocycles. The SMILES string of the molecule is Cc1ccc2c(c1)nc(NCCCNC(=O)CCNCc1ccc(OC3CCC3)c(Cl)c1)c1ccncc12.O=CO. The number of carbonyl (C=O) groups is 2. The van der Waals surface area contributed by atoms with Crippen molar-refractivity contribution in [2.75, 3.05) is 25.0 Å². The fraction of sp³-hybridized carbons (Fsp3) is 0.355. The molecule has 0 radical (unpaired) electrons. The fourth-order valence-electron chi connectivity index (χ4n) is 4.56. The third kappa shape index (κ3) is 8.52. The summed E-state index contributed by atoms with van der Waals surface area (Å²) in [5.41, 5.74) is 3.20. The number of aryl methyl sites for hydroxylation is 1. The highest BCUT2D eigenvalue weighted by molar-refractivity contribution is 6.32. The first-order valence-corrected chi connectivity index (χ1v) is 14.2. The molecule has 1 amide bonds. The van der Waals surface area contributed by atoms with Crippen LogP contribution in [0.1, 0.15) is 43.2 Å². The molecule has 1 aliphatic carbocycles. The van der Waals surface area contributed by atoms with Crippen LogP contribution >= 0.6 is 11.6 Å². The van der Waals surface area contributed by atoms with E-state index in [0.717, 1.165) is 58.1 Å². The predicted octanol–water partition coefficient (Wildman–Crippen LogP) is 5.48. The summed E-state index contributed by atoms with van der Waals surface area (Å²) in [5, 5.41) is 20.5. The van der Waals surface area contributed by atoms with E-state index in [1.165, 1.54) is 12.0 Å². The second-order valence-corrected chi connectivity index (χ2v) is 10.4. The standard InChI is InChI=1S/C30H34ClN5O2.CH2O2/c1-20-6-8-23-25-19-33-14-10-24(25)30(36-27(23)16-20)35-13-3-12-34-29(37)11-15-32-18-21-7-9-28(26(31)17-21)38-22-4-2-5-22;2-1-3/h6-10,14,16-17,19,22,32H,2-5,11-13,15,18H2,1H3,(H,34,37)(H,35,36);1H,(H,2,3). The fourth-order valence-corrected chi connectivity index (χ4v) is 4.80. The van der Waals surface area contributed by atoms with Crippen molar-refractivity contribution in [3.63, 3.8) is 0 Å². The van der Waals surface area contributed by atoms with Gasteiger partial charge >= 0.3 is 0 Å². The first-order chi connectivity index (χ1) is 20.0. The number of benzene rings is 2. The summed E-state index contributed by atoms with van der Waals surface area (Å²) in [7, 11) is 0. The number of aromatic nitrogens is 2. The Bertz CT molecular complexity index is 1480. The van der Waals surface area contributed by atoms with Gasteiger partial charge in [-0.05, 0) is 68.0 Å². The van der Waals surface area contributed by atoms with Crippen LogP contribution in [0.25, 0.3) is 21.7 Å². The Kier molecular flexibility index (Phi) is 11.1. The molecule has 2 aromatic carbocycles. The van der Waals surface area contributed by atoms with Gasteiger partial charge in [0.25, 0.3) is 6.47 Å². The molecule has 0 unspecified atom stereocenters. The highest BCUT2D eigenvalue weighted by Crippen LogP contribution is 2.31. The lowest BCUT2D eigenvalue weighted by Crippen LogP contribution is -2.29. The van der Waals surface area contributed by atoms with Crippen LogP contribution in [-0.2, 0) is 16.1 Å². The maximum atomic E-state index is 12.2. The molecule has 10 heteroatoms. The average molecular weight is 578 g/mol. The van der Waals surface area contributed by atoms with E-state index >= 15 is 0 Å². The van der Waals surface area contributed by atoms with Gasteiger partial charge in [-0.1, -0.05) is 29.8 Å². The van der Waals surface area contributed by atoms with Gasteiger partial charge in [-0.15, -0.1) is 0 Å². The number of anilines is 1. The minimum absolute atomic E-state index is 0.0376. The van der Waals surface area contributed by atoms with E-state index in [4.69, 9.17) is 31.2 Å². The quantitative estimate of drug-likeness (QED) is 0.0991. The number of carbonyl (C=O) groups excluding carboxylic acids is 1. The smallest absolute Gasteiger partial charge is 0.290 e. The Morgan fingerprint density at radius 2 is 1.93 bits per heavy atom. The molecule has 4 aromatic rings. The third-order valence-corrected chi connectivity index (χ3v) is 7.22. The number of carboxylic acid groups (broad SMARTS) is 1. The Hall–Kier alpha value is -3.95. The summed E-state index contributed by atoms with van der Waals surface area (Å²) < 4.78 is 5.90. The lowest BCUT2D eigenvalue weighted by Gasteiger charge is -2.26. The van der Waals surface area contributed by atoms with Gasteiger partial charge in [-0.3, -0.25) is 14.6 Å². The van der Waals surface area contributed by atoms with E-state index in [1.807, 2.05) is 30.5 Å². The molecule has 1 fully saturated rings. The van der Waals surface area contributed by atoms with Crippen LogP contribution in [0.5, 0.6) is 5.75 Å². The first-order valence-electron chi connectivity index (χ1n) is 13.9. The molecule has 4 N–H and O–H groups in total. The zero-order valence-electron chi connectivity index (χ0n) is 23.2. The molecule has 9 nitrogen and oxygen atoms in total. The van der Waals surface area contributed by atoms with Crippen LogP contribution in [0.2, 0.25) is 5.02 Å². The Morgan fingerprint density at radius 1 is 1.10 bits per heavy atom. The topological polar surface area (TPSA) is 125 Å². The minimum Gasteiger partial charge on any atom is -0.489 e. The maximum Gasteiger partial charge on any atom is 0.290 e. The summed E-state index contributed by atoms with van der Waals surface area (Å²) >= 11 is 6.37. The second kappa shape index (κ2) is 15.2. The monoisotopic (exact) mass is 577 g/mol. The average Bonchev–Trinajstić information content (AvgIpc) is 2.94. The Morgan fingerprint density at radius 3 is 2.68 bits per heavy atom. The Labute approximate surface area is 244 Å². The number of fused-ring (bicyclic) bond motifs is 3. The second-order valence-electron chi connectivity index (χ2n) is 10.0. The van der Waals surface area contributed by atoms with Crippen molar-refractivity contribution < 1.29 is 19.4 Å². The highest BCUT2D eigenvalue weighted by atomic mass is 35.5. The van der Waals surface area contributed by atoms with Crippen molar-refractivity contribution in [1.29, 1.82) is 0 Å². The van der Waals surface area contributed by atoms with Gasteiger partial charge in [0.05, 0.1) is 16.6 Å². The van der Waals surface area contributed by atoms with Crippen LogP contribution in [0.15, 0.2) is 54.9 Å². The van der Waals surface area contributed by atoms with Crippen LogP contribution in [-0.4, -0.2) is 53.2 Å². The Balaban J connectivity index is 0.00000124. The van der Waals surface area contributed by atoms with Crippen LogP contribution < -0.4 is 20.7 Å². The molecular formula is C31H36ClN5O4. The normalized spacial score (nSPS) is 12.7. The van der Waals surface area contributed by atoms with E-state index in [1.54, 1.807) is 6.20 Å². The van der Waals surface area contributed by atoms with E-state index < -0.39 is 0 Å². The van der Waals surface area contributed by atoms with E-state index in [0.29, 0.717) is 43.7 Å². The number of halogens is 1. The number of rotatable bonds is 12. The first kappa shape index (κ1) is 30.0. The van der Waals surface area contributed by atoms with E-state index in [-0.39, 0.29) is 12.4 Å². The zero-order valence-corrected chi connectivity index (χ0v) is 23.9. The predicted molar refractivity (Wildman–Crippen MR) is 163 cm³/mol.